The zero-order chi connectivity index (χ0) is 21.4. The number of halogens is 5. The molecule has 0 spiro atoms. The van der Waals surface area contributed by atoms with E-state index in [9.17, 15) is 26.7 Å². The number of alkyl halides is 5. The van der Waals surface area contributed by atoms with Crippen LogP contribution < -0.4 is 14.8 Å². The summed E-state index contributed by atoms with van der Waals surface area (Å²) in [7, 11) is 1.33. The third-order valence-electron chi connectivity index (χ3n) is 3.82. The number of methoxy groups -OCH3 is 1. The molecule has 0 bridgehead atoms. The molecule has 156 valence electrons. The van der Waals surface area contributed by atoms with Crippen molar-refractivity contribution in [3.8, 4) is 11.5 Å². The quantitative estimate of drug-likeness (QED) is 0.503. The van der Waals surface area contributed by atoms with Crippen LogP contribution in [0, 0.1) is 0 Å². The van der Waals surface area contributed by atoms with Crippen LogP contribution >= 0.6 is 0 Å². The maximum Gasteiger partial charge on any atom is 0.416 e. The first-order valence-corrected chi connectivity index (χ1v) is 8.44. The molecule has 0 fully saturated rings. The lowest BCUT2D eigenvalue weighted by molar-refractivity contribution is -0.137. The van der Waals surface area contributed by atoms with Crippen LogP contribution in [0.3, 0.4) is 0 Å². The Kier molecular flexibility index (Phi) is 7.58. The van der Waals surface area contributed by atoms with Crippen molar-refractivity contribution < 1.29 is 36.2 Å². The summed E-state index contributed by atoms with van der Waals surface area (Å²) in [6.45, 7) is -2.77. The van der Waals surface area contributed by atoms with Gasteiger partial charge in [0.05, 0.1) is 12.7 Å². The summed E-state index contributed by atoms with van der Waals surface area (Å²) in [4.78, 5) is 11.8. The average Bonchev–Trinajstić information content (AvgIpc) is 2.66. The second kappa shape index (κ2) is 9.90. The molecule has 0 atom stereocenters. The molecule has 0 aromatic heterocycles. The SMILES string of the molecule is COc1ccc(CCNC(=O)/C=C/c2ccc(C(F)(F)F)cc2)cc1OC(F)F. The summed E-state index contributed by atoms with van der Waals surface area (Å²) in [5.74, 6) is -0.381. The Balaban J connectivity index is 1.87. The molecular weight excluding hydrogens is 397 g/mol. The van der Waals surface area contributed by atoms with E-state index in [0.717, 1.165) is 12.1 Å². The van der Waals surface area contributed by atoms with Gasteiger partial charge < -0.3 is 14.8 Å². The van der Waals surface area contributed by atoms with E-state index in [1.165, 1.54) is 43.5 Å². The second-order valence-electron chi connectivity index (χ2n) is 5.86. The van der Waals surface area contributed by atoms with Crippen LogP contribution in [0.25, 0.3) is 6.08 Å². The molecule has 0 unspecified atom stereocenters. The number of carbonyl (C=O) groups is 1. The summed E-state index contributed by atoms with van der Waals surface area (Å²) in [5.41, 5.74) is 0.319. The summed E-state index contributed by atoms with van der Waals surface area (Å²) >= 11 is 0. The highest BCUT2D eigenvalue weighted by molar-refractivity contribution is 5.91. The first kappa shape index (κ1) is 22.2. The van der Waals surface area contributed by atoms with Gasteiger partial charge in [-0.25, -0.2) is 0 Å². The van der Waals surface area contributed by atoms with Gasteiger partial charge in [0, 0.05) is 12.6 Å². The van der Waals surface area contributed by atoms with E-state index in [-0.39, 0.29) is 18.0 Å². The monoisotopic (exact) mass is 415 g/mol. The van der Waals surface area contributed by atoms with Gasteiger partial charge in [-0.2, -0.15) is 22.0 Å². The predicted molar refractivity (Wildman–Crippen MR) is 96.8 cm³/mol. The average molecular weight is 415 g/mol. The number of amides is 1. The minimum absolute atomic E-state index is 0.103. The molecule has 0 aliphatic heterocycles. The number of benzene rings is 2. The van der Waals surface area contributed by atoms with Crippen molar-refractivity contribution in [3.05, 3.63) is 65.2 Å². The van der Waals surface area contributed by atoms with E-state index < -0.39 is 24.3 Å². The summed E-state index contributed by atoms with van der Waals surface area (Å²) < 4.78 is 71.7. The number of nitrogens with one attached hydrogen (secondary N) is 1. The largest absolute Gasteiger partial charge is 0.493 e. The number of rotatable bonds is 8. The molecule has 4 nitrogen and oxygen atoms in total. The fourth-order valence-electron chi connectivity index (χ4n) is 2.41. The third-order valence-corrected chi connectivity index (χ3v) is 3.82. The molecule has 2 aromatic carbocycles. The number of hydrogen-bond acceptors (Lipinski definition) is 3. The van der Waals surface area contributed by atoms with Gasteiger partial charge in [0.25, 0.3) is 0 Å². The van der Waals surface area contributed by atoms with Gasteiger partial charge in [-0.05, 0) is 47.9 Å². The molecule has 0 heterocycles. The van der Waals surface area contributed by atoms with Gasteiger partial charge in [-0.15, -0.1) is 0 Å². The molecule has 9 heteroatoms. The molecule has 0 aliphatic carbocycles. The Morgan fingerprint density at radius 2 is 1.79 bits per heavy atom. The van der Waals surface area contributed by atoms with Crippen molar-refractivity contribution >= 4 is 12.0 Å². The molecular formula is C20H18F5NO3. The van der Waals surface area contributed by atoms with E-state index in [1.807, 2.05) is 0 Å². The zero-order valence-corrected chi connectivity index (χ0v) is 15.3. The maximum atomic E-state index is 12.5. The highest BCUT2D eigenvalue weighted by Gasteiger charge is 2.29. The topological polar surface area (TPSA) is 47.6 Å². The normalized spacial score (nSPS) is 11.7. The van der Waals surface area contributed by atoms with Crippen LogP contribution in [0.1, 0.15) is 16.7 Å². The summed E-state index contributed by atoms with van der Waals surface area (Å²) in [6, 6.07) is 8.92. The van der Waals surface area contributed by atoms with E-state index in [1.54, 1.807) is 6.07 Å². The van der Waals surface area contributed by atoms with Crippen LogP contribution in [-0.2, 0) is 17.4 Å². The van der Waals surface area contributed by atoms with Crippen molar-refractivity contribution in [3.63, 3.8) is 0 Å². The Hall–Kier alpha value is -3.10. The second-order valence-corrected chi connectivity index (χ2v) is 5.86. The van der Waals surface area contributed by atoms with Gasteiger partial charge in [-0.3, -0.25) is 4.79 Å². The smallest absolute Gasteiger partial charge is 0.416 e. The molecule has 0 saturated carbocycles. The molecule has 1 N–H and O–H groups in total. The van der Waals surface area contributed by atoms with E-state index >= 15 is 0 Å². The fraction of sp³-hybridized carbons (Fsp3) is 0.250. The predicted octanol–water partition coefficient (Wildman–Crippen LogP) is 4.69. The lowest BCUT2D eigenvalue weighted by Crippen LogP contribution is -2.23. The highest BCUT2D eigenvalue weighted by atomic mass is 19.4. The van der Waals surface area contributed by atoms with E-state index in [4.69, 9.17) is 4.74 Å². The lowest BCUT2D eigenvalue weighted by atomic mass is 10.1. The van der Waals surface area contributed by atoms with Crippen molar-refractivity contribution in [2.45, 2.75) is 19.2 Å². The summed E-state index contributed by atoms with van der Waals surface area (Å²) in [5, 5.41) is 2.60. The van der Waals surface area contributed by atoms with Crippen LogP contribution in [0.5, 0.6) is 11.5 Å². The highest BCUT2D eigenvalue weighted by Crippen LogP contribution is 2.30. The van der Waals surface area contributed by atoms with Gasteiger partial charge in [0.2, 0.25) is 5.91 Å². The first-order chi connectivity index (χ1) is 13.7. The molecule has 0 aliphatic rings. The summed E-state index contributed by atoms with van der Waals surface area (Å²) in [6.07, 6.45) is -1.48. The van der Waals surface area contributed by atoms with Crippen molar-refractivity contribution in [1.82, 2.24) is 5.32 Å². The van der Waals surface area contributed by atoms with Gasteiger partial charge >= 0.3 is 12.8 Å². The van der Waals surface area contributed by atoms with Crippen molar-refractivity contribution in [2.75, 3.05) is 13.7 Å². The van der Waals surface area contributed by atoms with Crippen LogP contribution in [0.2, 0.25) is 0 Å². The van der Waals surface area contributed by atoms with Crippen molar-refractivity contribution in [2.24, 2.45) is 0 Å². The van der Waals surface area contributed by atoms with Gasteiger partial charge in [0.1, 0.15) is 0 Å². The molecule has 2 aromatic rings. The van der Waals surface area contributed by atoms with Crippen LogP contribution in [0.15, 0.2) is 48.5 Å². The third kappa shape index (κ3) is 7.10. The van der Waals surface area contributed by atoms with E-state index in [0.29, 0.717) is 17.5 Å². The van der Waals surface area contributed by atoms with Crippen LogP contribution in [0.4, 0.5) is 22.0 Å². The Labute approximate surface area is 163 Å². The minimum Gasteiger partial charge on any atom is -0.493 e. The first-order valence-electron chi connectivity index (χ1n) is 8.44. The number of hydrogen-bond donors (Lipinski definition) is 1. The standard InChI is InChI=1S/C20H18F5NO3/c1-28-16-8-4-14(12-17(16)29-19(21)22)10-11-26-18(27)9-5-13-2-6-15(7-3-13)20(23,24)25/h2-9,12,19H,10-11H2,1H3,(H,26,27)/b9-5+. The molecule has 0 saturated heterocycles. The maximum absolute atomic E-state index is 12.5. The number of carbonyl (C=O) groups excluding carboxylic acids is 1. The van der Waals surface area contributed by atoms with Gasteiger partial charge in [-0.1, -0.05) is 18.2 Å². The van der Waals surface area contributed by atoms with Crippen molar-refractivity contribution in [1.29, 1.82) is 0 Å². The fourth-order valence-corrected chi connectivity index (χ4v) is 2.41. The molecule has 0 radical (unpaired) electrons. The van der Waals surface area contributed by atoms with Crippen LogP contribution in [-0.4, -0.2) is 26.2 Å². The Bertz CT molecular complexity index is 848. The lowest BCUT2D eigenvalue weighted by Gasteiger charge is -2.11. The molecule has 1 amide bonds. The minimum atomic E-state index is -4.42. The molecule has 29 heavy (non-hydrogen) atoms. The zero-order valence-electron chi connectivity index (χ0n) is 15.3. The Morgan fingerprint density at radius 1 is 1.10 bits per heavy atom. The van der Waals surface area contributed by atoms with Gasteiger partial charge in [0.15, 0.2) is 11.5 Å². The van der Waals surface area contributed by atoms with E-state index in [2.05, 4.69) is 10.1 Å². The number of ether oxygens (including phenoxy) is 2. The Morgan fingerprint density at radius 3 is 2.38 bits per heavy atom. The molecule has 2 rings (SSSR count).